The van der Waals surface area contributed by atoms with Crippen LogP contribution in [0.25, 0.3) is 0 Å². The second kappa shape index (κ2) is 4.84. The third kappa shape index (κ3) is 2.83. The molecule has 1 aliphatic carbocycles. The lowest BCUT2D eigenvalue weighted by Crippen LogP contribution is -2.30. The van der Waals surface area contributed by atoms with Gasteiger partial charge in [-0.2, -0.15) is 0 Å². The zero-order valence-electron chi connectivity index (χ0n) is 9.63. The van der Waals surface area contributed by atoms with Crippen LogP contribution in [0.15, 0.2) is 22.7 Å². The lowest BCUT2D eigenvalue weighted by molar-refractivity contribution is 0.440. The average Bonchev–Trinajstić information content (AvgIpc) is 3.05. The molecule has 1 aromatic carbocycles. The van der Waals surface area contributed by atoms with E-state index in [1.807, 2.05) is 6.07 Å². The summed E-state index contributed by atoms with van der Waals surface area (Å²) >= 11 is 3.17. The van der Waals surface area contributed by atoms with Gasteiger partial charge in [-0.25, -0.2) is 4.39 Å². The standard InChI is InChI=1S/C13H17BrFN/c1-8(10-3-4-10)16-9(2)11-5-6-12(14)13(15)7-11/h5-10,16H,3-4H2,1-2H3. The van der Waals surface area contributed by atoms with Crippen molar-refractivity contribution in [3.63, 3.8) is 0 Å². The van der Waals surface area contributed by atoms with Crippen molar-refractivity contribution in [2.45, 2.75) is 38.8 Å². The van der Waals surface area contributed by atoms with Crippen molar-refractivity contribution in [2.75, 3.05) is 0 Å². The van der Waals surface area contributed by atoms with Crippen LogP contribution in [0.5, 0.6) is 0 Å². The van der Waals surface area contributed by atoms with E-state index in [9.17, 15) is 4.39 Å². The minimum atomic E-state index is -0.190. The first-order valence-electron chi connectivity index (χ1n) is 5.79. The highest BCUT2D eigenvalue weighted by molar-refractivity contribution is 9.10. The molecule has 0 spiro atoms. The van der Waals surface area contributed by atoms with Gasteiger partial charge in [-0.1, -0.05) is 6.07 Å². The molecule has 1 fully saturated rings. The smallest absolute Gasteiger partial charge is 0.137 e. The lowest BCUT2D eigenvalue weighted by atomic mass is 10.1. The molecule has 2 rings (SSSR count). The zero-order chi connectivity index (χ0) is 11.7. The first-order chi connectivity index (χ1) is 7.58. The van der Waals surface area contributed by atoms with Crippen molar-refractivity contribution in [3.05, 3.63) is 34.1 Å². The van der Waals surface area contributed by atoms with Gasteiger partial charge in [0.15, 0.2) is 0 Å². The van der Waals surface area contributed by atoms with Gasteiger partial charge in [0, 0.05) is 12.1 Å². The van der Waals surface area contributed by atoms with E-state index >= 15 is 0 Å². The molecule has 2 unspecified atom stereocenters. The summed E-state index contributed by atoms with van der Waals surface area (Å²) < 4.78 is 13.9. The van der Waals surface area contributed by atoms with Crippen LogP contribution in [-0.4, -0.2) is 6.04 Å². The van der Waals surface area contributed by atoms with E-state index in [1.165, 1.54) is 12.8 Å². The summed E-state index contributed by atoms with van der Waals surface area (Å²) in [6.45, 7) is 4.30. The normalized spacial score (nSPS) is 19.5. The van der Waals surface area contributed by atoms with E-state index in [2.05, 4.69) is 35.1 Å². The molecule has 1 aliphatic rings. The van der Waals surface area contributed by atoms with Gasteiger partial charge in [0.25, 0.3) is 0 Å². The molecule has 1 aromatic rings. The molecule has 0 aromatic heterocycles. The molecule has 16 heavy (non-hydrogen) atoms. The number of halogens is 2. The number of benzene rings is 1. The summed E-state index contributed by atoms with van der Waals surface area (Å²) in [5, 5.41) is 3.52. The highest BCUT2D eigenvalue weighted by atomic mass is 79.9. The molecule has 0 heterocycles. The maximum absolute atomic E-state index is 13.4. The molecular formula is C13H17BrFN. The SMILES string of the molecule is CC(NC(C)C1CC1)c1ccc(Br)c(F)c1. The van der Waals surface area contributed by atoms with Gasteiger partial charge in [0.1, 0.15) is 5.82 Å². The van der Waals surface area contributed by atoms with Crippen molar-refractivity contribution in [1.82, 2.24) is 5.32 Å². The molecule has 2 atom stereocenters. The van der Waals surface area contributed by atoms with E-state index in [-0.39, 0.29) is 11.9 Å². The summed E-state index contributed by atoms with van der Waals surface area (Å²) in [5.41, 5.74) is 1.01. The maximum Gasteiger partial charge on any atom is 0.137 e. The minimum absolute atomic E-state index is 0.190. The monoisotopic (exact) mass is 285 g/mol. The summed E-state index contributed by atoms with van der Waals surface area (Å²) in [6.07, 6.45) is 2.66. The molecule has 1 N–H and O–H groups in total. The third-order valence-corrected chi connectivity index (χ3v) is 3.93. The van der Waals surface area contributed by atoms with Gasteiger partial charge >= 0.3 is 0 Å². The highest BCUT2D eigenvalue weighted by Crippen LogP contribution is 2.33. The molecule has 3 heteroatoms. The number of hydrogen-bond donors (Lipinski definition) is 1. The Balaban J connectivity index is 2.01. The van der Waals surface area contributed by atoms with Crippen LogP contribution in [0.2, 0.25) is 0 Å². The van der Waals surface area contributed by atoms with Crippen LogP contribution in [0.1, 0.15) is 38.3 Å². The highest BCUT2D eigenvalue weighted by Gasteiger charge is 2.28. The van der Waals surface area contributed by atoms with E-state index < -0.39 is 0 Å². The Kier molecular flexibility index (Phi) is 3.65. The molecule has 88 valence electrons. The predicted molar refractivity (Wildman–Crippen MR) is 67.8 cm³/mol. The van der Waals surface area contributed by atoms with Crippen molar-refractivity contribution < 1.29 is 4.39 Å². The summed E-state index contributed by atoms with van der Waals surface area (Å²) in [7, 11) is 0. The molecule has 1 nitrogen and oxygen atoms in total. The number of nitrogens with one attached hydrogen (secondary N) is 1. The van der Waals surface area contributed by atoms with Crippen LogP contribution in [0.4, 0.5) is 4.39 Å². The Morgan fingerprint density at radius 3 is 2.62 bits per heavy atom. The first kappa shape index (κ1) is 12.1. The zero-order valence-corrected chi connectivity index (χ0v) is 11.2. The molecule has 0 radical (unpaired) electrons. The van der Waals surface area contributed by atoms with E-state index in [0.29, 0.717) is 10.5 Å². The number of hydrogen-bond acceptors (Lipinski definition) is 1. The van der Waals surface area contributed by atoms with Crippen LogP contribution < -0.4 is 5.32 Å². The van der Waals surface area contributed by atoms with Crippen molar-refractivity contribution in [2.24, 2.45) is 5.92 Å². The second-order valence-electron chi connectivity index (χ2n) is 4.69. The van der Waals surface area contributed by atoms with Gasteiger partial charge in [-0.05, 0) is 66.2 Å². The van der Waals surface area contributed by atoms with Crippen LogP contribution in [0, 0.1) is 11.7 Å². The van der Waals surface area contributed by atoms with Gasteiger partial charge < -0.3 is 5.32 Å². The van der Waals surface area contributed by atoms with Crippen LogP contribution in [0.3, 0.4) is 0 Å². The van der Waals surface area contributed by atoms with E-state index in [0.717, 1.165) is 11.5 Å². The second-order valence-corrected chi connectivity index (χ2v) is 5.54. The Labute approximate surface area is 105 Å². The van der Waals surface area contributed by atoms with Crippen molar-refractivity contribution in [1.29, 1.82) is 0 Å². The maximum atomic E-state index is 13.4. The topological polar surface area (TPSA) is 12.0 Å². The summed E-state index contributed by atoms with van der Waals surface area (Å²) in [6, 6.07) is 6.07. The van der Waals surface area contributed by atoms with E-state index in [4.69, 9.17) is 0 Å². The summed E-state index contributed by atoms with van der Waals surface area (Å²) in [4.78, 5) is 0. The minimum Gasteiger partial charge on any atom is -0.307 e. The molecule has 0 amide bonds. The average molecular weight is 286 g/mol. The third-order valence-electron chi connectivity index (χ3n) is 3.29. The van der Waals surface area contributed by atoms with Crippen LogP contribution >= 0.6 is 15.9 Å². The fraction of sp³-hybridized carbons (Fsp3) is 0.538. The van der Waals surface area contributed by atoms with E-state index in [1.54, 1.807) is 12.1 Å². The van der Waals surface area contributed by atoms with Crippen LogP contribution in [-0.2, 0) is 0 Å². The predicted octanol–water partition coefficient (Wildman–Crippen LogP) is 4.04. The first-order valence-corrected chi connectivity index (χ1v) is 6.58. The fourth-order valence-electron chi connectivity index (χ4n) is 2.00. The molecule has 0 aliphatic heterocycles. The van der Waals surface area contributed by atoms with Gasteiger partial charge in [0.2, 0.25) is 0 Å². The van der Waals surface area contributed by atoms with Gasteiger partial charge in [-0.3, -0.25) is 0 Å². The Bertz CT molecular complexity index is 376. The Hall–Kier alpha value is -0.410. The molecule has 0 saturated heterocycles. The Morgan fingerprint density at radius 2 is 2.06 bits per heavy atom. The van der Waals surface area contributed by atoms with Gasteiger partial charge in [0.05, 0.1) is 4.47 Å². The number of rotatable bonds is 4. The lowest BCUT2D eigenvalue weighted by Gasteiger charge is -2.20. The van der Waals surface area contributed by atoms with Crippen molar-refractivity contribution in [3.8, 4) is 0 Å². The Morgan fingerprint density at radius 1 is 1.38 bits per heavy atom. The largest absolute Gasteiger partial charge is 0.307 e. The molecular weight excluding hydrogens is 269 g/mol. The molecule has 1 saturated carbocycles. The fourth-order valence-corrected chi connectivity index (χ4v) is 2.25. The quantitative estimate of drug-likeness (QED) is 0.881. The molecule has 0 bridgehead atoms. The van der Waals surface area contributed by atoms with Gasteiger partial charge in [-0.15, -0.1) is 0 Å². The van der Waals surface area contributed by atoms with Crippen molar-refractivity contribution >= 4 is 15.9 Å². The summed E-state index contributed by atoms with van der Waals surface area (Å²) in [5.74, 6) is 0.632.